The molecule has 0 aliphatic rings. The van der Waals surface area contributed by atoms with E-state index in [0.717, 1.165) is 18.9 Å². The van der Waals surface area contributed by atoms with Gasteiger partial charge in [0.2, 0.25) is 5.95 Å². The van der Waals surface area contributed by atoms with Crippen LogP contribution in [0.1, 0.15) is 19.8 Å². The Balaban J connectivity index is 2.61. The zero-order valence-corrected chi connectivity index (χ0v) is 9.00. The summed E-state index contributed by atoms with van der Waals surface area (Å²) >= 11 is 0. The van der Waals surface area contributed by atoms with Crippen molar-refractivity contribution in [2.45, 2.75) is 26.3 Å². The van der Waals surface area contributed by atoms with E-state index in [1.54, 1.807) is 0 Å². The summed E-state index contributed by atoms with van der Waals surface area (Å²) in [5.41, 5.74) is 6.23. The van der Waals surface area contributed by atoms with Gasteiger partial charge in [-0.1, -0.05) is 13.3 Å². The summed E-state index contributed by atoms with van der Waals surface area (Å²) in [4.78, 5) is 4.00. The number of aryl methyl sites for hydroxylation is 1. The zero-order valence-electron chi connectivity index (χ0n) is 9.00. The van der Waals surface area contributed by atoms with Gasteiger partial charge in [-0.3, -0.25) is 0 Å². The molecule has 2 N–H and O–H groups in total. The highest BCUT2D eigenvalue weighted by molar-refractivity contribution is 5.79. The van der Waals surface area contributed by atoms with E-state index >= 15 is 0 Å². The summed E-state index contributed by atoms with van der Waals surface area (Å²) in [5.74, 6) is -1.52. The van der Waals surface area contributed by atoms with Gasteiger partial charge >= 0.3 is 0 Å². The lowest BCUT2D eigenvalue weighted by atomic mass is 10.2. The van der Waals surface area contributed by atoms with Crippen LogP contribution in [0.15, 0.2) is 12.1 Å². The summed E-state index contributed by atoms with van der Waals surface area (Å²) in [6, 6.07) is 2.50. The van der Waals surface area contributed by atoms with Crippen molar-refractivity contribution in [2.24, 2.45) is 0 Å². The number of nitrogens with two attached hydrogens (primary N) is 1. The third-order valence-electron chi connectivity index (χ3n) is 2.56. The molecule has 0 unspecified atom stereocenters. The summed E-state index contributed by atoms with van der Waals surface area (Å²) in [7, 11) is 0. The molecule has 3 nitrogen and oxygen atoms in total. The second-order valence-electron chi connectivity index (χ2n) is 3.70. The average Bonchev–Trinajstić information content (AvgIpc) is 2.58. The van der Waals surface area contributed by atoms with Gasteiger partial charge in [-0.25, -0.2) is 13.8 Å². The fraction of sp³-hybridized carbons (Fsp3) is 0.364. The molecular formula is C11H13F2N3. The molecule has 0 atom stereocenters. The van der Waals surface area contributed by atoms with E-state index in [1.807, 2.05) is 6.92 Å². The van der Waals surface area contributed by atoms with Crippen LogP contribution in [0.2, 0.25) is 0 Å². The highest BCUT2D eigenvalue weighted by atomic mass is 19.2. The molecule has 0 aliphatic heterocycles. The number of anilines is 1. The summed E-state index contributed by atoms with van der Waals surface area (Å²) < 4.78 is 28.2. The van der Waals surface area contributed by atoms with E-state index in [4.69, 9.17) is 5.73 Å². The van der Waals surface area contributed by atoms with Gasteiger partial charge in [-0.15, -0.1) is 0 Å². The molecule has 5 heteroatoms. The number of nitrogen functional groups attached to an aromatic ring is 1. The number of aromatic nitrogens is 2. The first-order chi connectivity index (χ1) is 7.65. The number of nitrogens with zero attached hydrogens (tertiary/aromatic N) is 2. The van der Waals surface area contributed by atoms with Crippen LogP contribution in [0.3, 0.4) is 0 Å². The molecule has 0 saturated heterocycles. The lowest BCUT2D eigenvalue weighted by Gasteiger charge is -2.05. The van der Waals surface area contributed by atoms with Crippen molar-refractivity contribution in [3.8, 4) is 0 Å². The Morgan fingerprint density at radius 3 is 2.81 bits per heavy atom. The Bertz CT molecular complexity index is 519. The largest absolute Gasteiger partial charge is 0.369 e. The molecule has 2 aromatic rings. The molecule has 0 bridgehead atoms. The number of hydrogen-bond acceptors (Lipinski definition) is 2. The Hall–Kier alpha value is -1.65. The van der Waals surface area contributed by atoms with Crippen LogP contribution in [0, 0.1) is 11.6 Å². The normalized spacial score (nSPS) is 11.2. The minimum Gasteiger partial charge on any atom is -0.369 e. The third kappa shape index (κ3) is 1.62. The number of rotatable bonds is 3. The smallest absolute Gasteiger partial charge is 0.201 e. The number of fused-ring (bicyclic) bond motifs is 1. The van der Waals surface area contributed by atoms with Crippen LogP contribution in [0.25, 0.3) is 11.0 Å². The molecule has 16 heavy (non-hydrogen) atoms. The van der Waals surface area contributed by atoms with Crippen molar-refractivity contribution in [3.63, 3.8) is 0 Å². The maximum atomic E-state index is 13.6. The Kier molecular flexibility index (Phi) is 2.77. The lowest BCUT2D eigenvalue weighted by molar-refractivity contribution is 0.510. The lowest BCUT2D eigenvalue weighted by Crippen LogP contribution is -2.04. The van der Waals surface area contributed by atoms with Crippen molar-refractivity contribution in [3.05, 3.63) is 23.8 Å². The second-order valence-corrected chi connectivity index (χ2v) is 3.70. The maximum Gasteiger partial charge on any atom is 0.201 e. The number of hydrogen-bond donors (Lipinski definition) is 1. The Morgan fingerprint density at radius 2 is 2.12 bits per heavy atom. The molecule has 0 saturated carbocycles. The van der Waals surface area contributed by atoms with Crippen LogP contribution in [-0.2, 0) is 6.54 Å². The first-order valence-corrected chi connectivity index (χ1v) is 5.25. The fourth-order valence-electron chi connectivity index (χ4n) is 1.72. The van der Waals surface area contributed by atoms with Crippen molar-refractivity contribution < 1.29 is 8.78 Å². The zero-order chi connectivity index (χ0) is 11.7. The highest BCUT2D eigenvalue weighted by Gasteiger charge is 2.15. The minimum atomic E-state index is -0.877. The molecule has 0 spiro atoms. The minimum absolute atomic E-state index is 0.158. The molecule has 0 fully saturated rings. The number of halogens is 2. The SMILES string of the molecule is CCCCn1c(N)nc2ccc(F)c(F)c21. The third-order valence-corrected chi connectivity index (χ3v) is 2.56. The van der Waals surface area contributed by atoms with Gasteiger partial charge in [-0.2, -0.15) is 0 Å². The maximum absolute atomic E-state index is 13.6. The average molecular weight is 225 g/mol. The van der Waals surface area contributed by atoms with E-state index < -0.39 is 11.6 Å². The monoisotopic (exact) mass is 225 g/mol. The van der Waals surface area contributed by atoms with Crippen molar-refractivity contribution >= 4 is 17.0 Å². The second kappa shape index (κ2) is 4.08. The molecule has 0 radical (unpaired) electrons. The number of unbranched alkanes of at least 4 members (excludes halogenated alkanes) is 1. The molecule has 0 amide bonds. The van der Waals surface area contributed by atoms with Gasteiger partial charge in [0, 0.05) is 6.54 Å². The van der Waals surface area contributed by atoms with Gasteiger partial charge in [0.25, 0.3) is 0 Å². The number of benzene rings is 1. The van der Waals surface area contributed by atoms with Crippen molar-refractivity contribution in [1.82, 2.24) is 9.55 Å². The first kappa shape index (κ1) is 10.9. The summed E-state index contributed by atoms with van der Waals surface area (Å²) in [6.45, 7) is 2.57. The molecule has 86 valence electrons. The molecular weight excluding hydrogens is 212 g/mol. The van der Waals surface area contributed by atoms with Crippen LogP contribution in [0.4, 0.5) is 14.7 Å². The van der Waals surface area contributed by atoms with Gasteiger partial charge in [0.15, 0.2) is 11.6 Å². The van der Waals surface area contributed by atoms with E-state index in [9.17, 15) is 8.78 Å². The molecule has 1 aromatic heterocycles. The van der Waals surface area contributed by atoms with Crippen LogP contribution >= 0.6 is 0 Å². The van der Waals surface area contributed by atoms with E-state index in [2.05, 4.69) is 4.98 Å². The van der Waals surface area contributed by atoms with Crippen LogP contribution in [-0.4, -0.2) is 9.55 Å². The molecule has 1 aromatic carbocycles. The topological polar surface area (TPSA) is 43.8 Å². The van der Waals surface area contributed by atoms with Gasteiger partial charge in [0.1, 0.15) is 5.52 Å². The molecule has 0 aliphatic carbocycles. The van der Waals surface area contributed by atoms with Gasteiger partial charge in [0.05, 0.1) is 5.52 Å². The van der Waals surface area contributed by atoms with Crippen LogP contribution < -0.4 is 5.73 Å². The number of imidazole rings is 1. The van der Waals surface area contributed by atoms with Gasteiger partial charge in [-0.05, 0) is 18.6 Å². The first-order valence-electron chi connectivity index (χ1n) is 5.25. The highest BCUT2D eigenvalue weighted by Crippen LogP contribution is 2.23. The summed E-state index contributed by atoms with van der Waals surface area (Å²) in [5, 5.41) is 0. The predicted molar refractivity (Wildman–Crippen MR) is 59.0 cm³/mol. The quantitative estimate of drug-likeness (QED) is 0.872. The standard InChI is InChI=1S/C11H13F2N3/c1-2-3-6-16-10-8(15-11(16)14)5-4-7(12)9(10)13/h4-5H,2-3,6H2,1H3,(H2,14,15). The Labute approximate surface area is 91.9 Å². The molecule has 1 heterocycles. The van der Waals surface area contributed by atoms with E-state index in [1.165, 1.54) is 10.6 Å². The van der Waals surface area contributed by atoms with Gasteiger partial charge < -0.3 is 10.3 Å². The Morgan fingerprint density at radius 1 is 1.38 bits per heavy atom. The molecule has 2 rings (SSSR count). The van der Waals surface area contributed by atoms with E-state index in [-0.39, 0.29) is 11.5 Å². The van der Waals surface area contributed by atoms with Crippen molar-refractivity contribution in [1.29, 1.82) is 0 Å². The summed E-state index contributed by atoms with van der Waals surface area (Å²) in [6.07, 6.45) is 1.81. The predicted octanol–water partition coefficient (Wildman–Crippen LogP) is 2.70. The van der Waals surface area contributed by atoms with Crippen molar-refractivity contribution in [2.75, 3.05) is 5.73 Å². The van der Waals surface area contributed by atoms with Crippen LogP contribution in [0.5, 0.6) is 0 Å². The van der Waals surface area contributed by atoms with E-state index in [0.29, 0.717) is 12.1 Å². The fourth-order valence-corrected chi connectivity index (χ4v) is 1.72.